The highest BCUT2D eigenvalue weighted by Crippen LogP contribution is 2.19. The van der Waals surface area contributed by atoms with Gasteiger partial charge in [0.2, 0.25) is 0 Å². The number of aliphatic hydroxyl groups is 1. The molecule has 1 aromatic heterocycles. The average molecular weight is 303 g/mol. The Hall–Kier alpha value is -2.34. The maximum atomic E-state index is 11.8. The highest BCUT2D eigenvalue weighted by atomic mass is 16.5. The van der Waals surface area contributed by atoms with Crippen LogP contribution in [0.1, 0.15) is 25.5 Å². The molecule has 0 fully saturated rings. The van der Waals surface area contributed by atoms with E-state index in [1.807, 2.05) is 37.3 Å². The number of urea groups is 1. The third kappa shape index (κ3) is 4.60. The Morgan fingerprint density at radius 2 is 2.14 bits per heavy atom. The van der Waals surface area contributed by atoms with Crippen molar-refractivity contribution in [3.05, 3.63) is 42.1 Å². The van der Waals surface area contributed by atoms with E-state index in [4.69, 9.17) is 9.63 Å². The van der Waals surface area contributed by atoms with Crippen LogP contribution in [0.25, 0.3) is 11.3 Å². The van der Waals surface area contributed by atoms with Crippen LogP contribution in [-0.4, -0.2) is 28.9 Å². The molecule has 1 unspecified atom stereocenters. The molecule has 2 rings (SSSR count). The summed E-state index contributed by atoms with van der Waals surface area (Å²) in [5.74, 6) is 0.671. The van der Waals surface area contributed by atoms with Crippen LogP contribution in [0.5, 0.6) is 0 Å². The lowest BCUT2D eigenvalue weighted by atomic mass is 10.1. The van der Waals surface area contributed by atoms with E-state index in [2.05, 4.69) is 15.8 Å². The quantitative estimate of drug-likeness (QED) is 0.732. The summed E-state index contributed by atoms with van der Waals surface area (Å²) in [7, 11) is 0. The van der Waals surface area contributed by atoms with Crippen LogP contribution in [0.3, 0.4) is 0 Å². The van der Waals surface area contributed by atoms with Crippen LogP contribution in [-0.2, 0) is 6.54 Å². The number of hydrogen-bond acceptors (Lipinski definition) is 4. The van der Waals surface area contributed by atoms with Gasteiger partial charge >= 0.3 is 6.03 Å². The minimum atomic E-state index is -0.274. The Balaban J connectivity index is 1.85. The monoisotopic (exact) mass is 303 g/mol. The van der Waals surface area contributed by atoms with E-state index in [1.54, 1.807) is 6.07 Å². The van der Waals surface area contributed by atoms with Gasteiger partial charge < -0.3 is 20.3 Å². The topological polar surface area (TPSA) is 87.4 Å². The molecule has 0 radical (unpaired) electrons. The van der Waals surface area contributed by atoms with Crippen molar-refractivity contribution >= 4 is 6.03 Å². The molecule has 1 atom stereocenters. The third-order valence-corrected chi connectivity index (χ3v) is 3.35. The number of aromatic nitrogens is 1. The van der Waals surface area contributed by atoms with Crippen LogP contribution < -0.4 is 10.6 Å². The number of rotatable bonds is 7. The molecule has 1 aromatic carbocycles. The molecule has 6 nitrogen and oxygen atoms in total. The molecule has 6 heteroatoms. The van der Waals surface area contributed by atoms with Crippen molar-refractivity contribution in [2.24, 2.45) is 0 Å². The molecule has 3 N–H and O–H groups in total. The molecule has 0 bridgehead atoms. The second-order valence-electron chi connectivity index (χ2n) is 4.99. The van der Waals surface area contributed by atoms with E-state index in [0.717, 1.165) is 12.0 Å². The zero-order chi connectivity index (χ0) is 15.8. The highest BCUT2D eigenvalue weighted by molar-refractivity contribution is 5.74. The number of nitrogens with zero attached hydrogens (tertiary/aromatic N) is 1. The number of benzene rings is 1. The van der Waals surface area contributed by atoms with Gasteiger partial charge in [-0.2, -0.15) is 0 Å². The SMILES string of the molecule is CCC(CCO)NC(=O)NCc1cc(-c2ccccc2)on1. The molecule has 0 aliphatic rings. The Labute approximate surface area is 129 Å². The predicted molar refractivity (Wildman–Crippen MR) is 83.1 cm³/mol. The minimum absolute atomic E-state index is 0.0258. The number of amides is 2. The van der Waals surface area contributed by atoms with Gasteiger partial charge in [-0.3, -0.25) is 0 Å². The molecule has 118 valence electrons. The summed E-state index contributed by atoms with van der Waals surface area (Å²) in [6, 6.07) is 11.2. The van der Waals surface area contributed by atoms with Gasteiger partial charge in [-0.05, 0) is 12.8 Å². The van der Waals surface area contributed by atoms with Crippen LogP contribution in [0.2, 0.25) is 0 Å². The van der Waals surface area contributed by atoms with Crippen molar-refractivity contribution in [2.75, 3.05) is 6.61 Å². The van der Waals surface area contributed by atoms with Gasteiger partial charge in [0.05, 0.1) is 6.54 Å². The molecular formula is C16H21N3O3. The molecule has 0 aliphatic heterocycles. The number of carbonyl (C=O) groups is 1. The Bertz CT molecular complexity index is 583. The first-order chi connectivity index (χ1) is 10.7. The zero-order valence-electron chi connectivity index (χ0n) is 12.6. The average Bonchev–Trinajstić information content (AvgIpc) is 3.02. The second kappa shape index (κ2) is 8.19. The van der Waals surface area contributed by atoms with E-state index in [-0.39, 0.29) is 25.2 Å². The van der Waals surface area contributed by atoms with E-state index in [1.165, 1.54) is 0 Å². The Morgan fingerprint density at radius 1 is 1.36 bits per heavy atom. The lowest BCUT2D eigenvalue weighted by molar-refractivity contribution is 0.227. The van der Waals surface area contributed by atoms with Crippen LogP contribution in [0.4, 0.5) is 4.79 Å². The van der Waals surface area contributed by atoms with Crippen molar-refractivity contribution in [1.82, 2.24) is 15.8 Å². The summed E-state index contributed by atoms with van der Waals surface area (Å²) >= 11 is 0. The lowest BCUT2D eigenvalue weighted by Gasteiger charge is -2.15. The molecule has 0 saturated heterocycles. The van der Waals surface area contributed by atoms with Gasteiger partial charge in [-0.1, -0.05) is 42.4 Å². The fraction of sp³-hybridized carbons (Fsp3) is 0.375. The predicted octanol–water partition coefficient (Wildman–Crippen LogP) is 2.30. The van der Waals surface area contributed by atoms with Gasteiger partial charge in [0.15, 0.2) is 5.76 Å². The molecule has 2 amide bonds. The summed E-state index contributed by atoms with van der Waals surface area (Å²) < 4.78 is 5.27. The van der Waals surface area contributed by atoms with Crippen molar-refractivity contribution in [2.45, 2.75) is 32.4 Å². The zero-order valence-corrected chi connectivity index (χ0v) is 12.6. The van der Waals surface area contributed by atoms with Crippen molar-refractivity contribution in [3.8, 4) is 11.3 Å². The molecule has 0 aliphatic carbocycles. The minimum Gasteiger partial charge on any atom is -0.396 e. The summed E-state index contributed by atoms with van der Waals surface area (Å²) in [4.78, 5) is 11.8. The fourth-order valence-corrected chi connectivity index (χ4v) is 2.08. The van der Waals surface area contributed by atoms with Gasteiger partial charge in [0.1, 0.15) is 5.69 Å². The summed E-state index contributed by atoms with van der Waals surface area (Å²) in [5.41, 5.74) is 1.60. The molecule has 0 saturated carbocycles. The highest BCUT2D eigenvalue weighted by Gasteiger charge is 2.11. The van der Waals surface area contributed by atoms with E-state index < -0.39 is 0 Å². The smallest absolute Gasteiger partial charge is 0.315 e. The van der Waals surface area contributed by atoms with Gasteiger partial charge in [-0.15, -0.1) is 0 Å². The standard InChI is InChI=1S/C16H21N3O3/c1-2-13(8-9-20)18-16(21)17-11-14-10-15(22-19-14)12-6-4-3-5-7-12/h3-7,10,13,20H,2,8-9,11H2,1H3,(H2,17,18,21). The van der Waals surface area contributed by atoms with Crippen LogP contribution in [0.15, 0.2) is 40.9 Å². The Morgan fingerprint density at radius 3 is 2.82 bits per heavy atom. The third-order valence-electron chi connectivity index (χ3n) is 3.35. The number of carbonyl (C=O) groups excluding carboxylic acids is 1. The molecule has 2 aromatic rings. The largest absolute Gasteiger partial charge is 0.396 e. The molecule has 1 heterocycles. The Kier molecular flexibility index (Phi) is 5.97. The van der Waals surface area contributed by atoms with Crippen molar-refractivity contribution < 1.29 is 14.4 Å². The lowest BCUT2D eigenvalue weighted by Crippen LogP contribution is -2.41. The van der Waals surface area contributed by atoms with Gasteiger partial charge in [-0.25, -0.2) is 4.79 Å². The van der Waals surface area contributed by atoms with Crippen molar-refractivity contribution in [3.63, 3.8) is 0 Å². The van der Waals surface area contributed by atoms with E-state index in [9.17, 15) is 4.79 Å². The summed E-state index contributed by atoms with van der Waals surface area (Å²) in [6.07, 6.45) is 1.32. The van der Waals surface area contributed by atoms with Crippen molar-refractivity contribution in [1.29, 1.82) is 0 Å². The van der Waals surface area contributed by atoms with Gasteiger partial charge in [0, 0.05) is 24.3 Å². The van der Waals surface area contributed by atoms with Crippen LogP contribution in [0, 0.1) is 0 Å². The number of aliphatic hydroxyl groups excluding tert-OH is 1. The first-order valence-electron chi connectivity index (χ1n) is 7.39. The second-order valence-corrected chi connectivity index (χ2v) is 4.99. The number of nitrogens with one attached hydrogen (secondary N) is 2. The van der Waals surface area contributed by atoms with E-state index in [0.29, 0.717) is 17.9 Å². The maximum Gasteiger partial charge on any atom is 0.315 e. The molecule has 22 heavy (non-hydrogen) atoms. The van der Waals surface area contributed by atoms with Gasteiger partial charge in [0.25, 0.3) is 0 Å². The normalized spacial score (nSPS) is 11.9. The summed E-state index contributed by atoms with van der Waals surface area (Å²) in [6.45, 7) is 2.31. The molecular weight excluding hydrogens is 282 g/mol. The summed E-state index contributed by atoms with van der Waals surface area (Å²) in [5, 5.41) is 18.4. The first-order valence-corrected chi connectivity index (χ1v) is 7.39. The molecule has 0 spiro atoms. The van der Waals surface area contributed by atoms with Crippen LogP contribution >= 0.6 is 0 Å². The van der Waals surface area contributed by atoms with E-state index >= 15 is 0 Å². The maximum absolute atomic E-state index is 11.8. The fourth-order valence-electron chi connectivity index (χ4n) is 2.08. The first kappa shape index (κ1) is 16.0. The number of hydrogen-bond donors (Lipinski definition) is 3.